The number of allylic oxidation sites excluding steroid dienone is 2. The number of Topliss-reactive ketones (excluding diaryl/α,β-unsaturated/α-hetero) is 1. The number of carboxylic acid groups (broad SMARTS) is 1. The Morgan fingerprint density at radius 3 is 2.17 bits per heavy atom. The summed E-state index contributed by atoms with van der Waals surface area (Å²) in [5.41, 5.74) is -3.30. The van der Waals surface area contributed by atoms with Crippen molar-refractivity contribution in [3.63, 3.8) is 0 Å². The minimum atomic E-state index is -1.81. The molecule has 16 heteroatoms. The maximum atomic E-state index is 14.5. The number of aliphatic hydroxyl groups excluding tert-OH is 7. The molecule has 0 aromatic heterocycles. The average molecular weight is 825 g/mol. The summed E-state index contributed by atoms with van der Waals surface area (Å²) in [5.74, 6) is -2.12. The quantitative estimate of drug-likeness (QED) is 0.0958. The molecule has 58 heavy (non-hydrogen) atoms. The summed E-state index contributed by atoms with van der Waals surface area (Å²) in [6, 6.07) is 0. The van der Waals surface area contributed by atoms with Gasteiger partial charge in [0, 0.05) is 11.8 Å². The van der Waals surface area contributed by atoms with Crippen LogP contribution in [0, 0.1) is 50.2 Å². The first-order valence-electron chi connectivity index (χ1n) is 20.9. The van der Waals surface area contributed by atoms with Gasteiger partial charge in [0.05, 0.1) is 37.8 Å². The number of hydrogen-bond acceptors (Lipinski definition) is 15. The lowest BCUT2D eigenvalue weighted by molar-refractivity contribution is -0.358. The first-order valence-corrected chi connectivity index (χ1v) is 20.9. The van der Waals surface area contributed by atoms with E-state index in [-0.39, 0.29) is 47.9 Å². The fourth-order valence-corrected chi connectivity index (χ4v) is 13.6. The van der Waals surface area contributed by atoms with E-state index < -0.39 is 108 Å². The number of carbonyl (C=O) groups excluding carboxylic acids is 2. The van der Waals surface area contributed by atoms with Gasteiger partial charge in [0.25, 0.3) is 0 Å². The predicted molar refractivity (Wildman–Crippen MR) is 200 cm³/mol. The van der Waals surface area contributed by atoms with Crippen molar-refractivity contribution < 1.29 is 78.9 Å². The summed E-state index contributed by atoms with van der Waals surface area (Å²) in [5, 5.41) is 85.1. The topological polar surface area (TPSA) is 259 Å². The van der Waals surface area contributed by atoms with E-state index >= 15 is 0 Å². The molecule has 2 saturated heterocycles. The highest BCUT2D eigenvalue weighted by molar-refractivity contribution is 5.86. The van der Waals surface area contributed by atoms with E-state index in [0.717, 1.165) is 12.0 Å². The summed E-state index contributed by atoms with van der Waals surface area (Å²) in [7, 11) is 1.37. The van der Waals surface area contributed by atoms with Crippen LogP contribution in [-0.4, -0.2) is 147 Å². The normalized spacial score (nSPS) is 52.9. The van der Waals surface area contributed by atoms with Crippen molar-refractivity contribution in [2.75, 3.05) is 26.9 Å². The van der Waals surface area contributed by atoms with Crippen molar-refractivity contribution in [2.45, 2.75) is 154 Å². The molecule has 19 atom stereocenters. The molecule has 2 heterocycles. The van der Waals surface area contributed by atoms with Crippen LogP contribution in [0.2, 0.25) is 0 Å². The van der Waals surface area contributed by atoms with Crippen LogP contribution in [0.5, 0.6) is 0 Å². The van der Waals surface area contributed by atoms with Gasteiger partial charge in [0.1, 0.15) is 48.8 Å². The van der Waals surface area contributed by atoms with Crippen molar-refractivity contribution in [2.24, 2.45) is 50.2 Å². The molecule has 4 saturated carbocycles. The van der Waals surface area contributed by atoms with Crippen LogP contribution in [-0.2, 0) is 38.1 Å². The van der Waals surface area contributed by atoms with E-state index in [1.54, 1.807) is 6.92 Å². The molecule has 2 aliphatic heterocycles. The monoisotopic (exact) mass is 824 g/mol. The number of hydrogen-bond donors (Lipinski definition) is 8. The third kappa shape index (κ3) is 6.21. The molecule has 0 spiro atoms. The van der Waals surface area contributed by atoms with Gasteiger partial charge in [-0.2, -0.15) is 0 Å². The molecule has 0 bridgehead atoms. The zero-order valence-corrected chi connectivity index (χ0v) is 34.4. The third-order valence-electron chi connectivity index (χ3n) is 17.2. The Balaban J connectivity index is 1.15. The summed E-state index contributed by atoms with van der Waals surface area (Å²) in [6.07, 6.45) is -8.99. The van der Waals surface area contributed by atoms with Crippen molar-refractivity contribution in [3.05, 3.63) is 11.6 Å². The molecular weight excluding hydrogens is 760 g/mol. The zero-order valence-electron chi connectivity index (χ0n) is 34.4. The fourth-order valence-electron chi connectivity index (χ4n) is 13.6. The molecule has 16 nitrogen and oxygen atoms in total. The molecule has 0 aromatic rings. The van der Waals surface area contributed by atoms with E-state index in [2.05, 4.69) is 26.8 Å². The molecule has 0 amide bonds. The summed E-state index contributed by atoms with van der Waals surface area (Å²) in [6.45, 7) is 8.74. The second kappa shape index (κ2) is 15.1. The number of ether oxygens (including phenoxy) is 5. The van der Waals surface area contributed by atoms with Crippen LogP contribution in [0.15, 0.2) is 11.6 Å². The van der Waals surface area contributed by atoms with Gasteiger partial charge in [-0.25, -0.2) is 0 Å². The fraction of sp³-hybridized carbons (Fsp3) is 0.881. The van der Waals surface area contributed by atoms with Crippen molar-refractivity contribution in [1.82, 2.24) is 0 Å². The summed E-state index contributed by atoms with van der Waals surface area (Å²) < 4.78 is 28.4. The van der Waals surface area contributed by atoms with Gasteiger partial charge in [0.2, 0.25) is 0 Å². The van der Waals surface area contributed by atoms with Crippen LogP contribution in [0.3, 0.4) is 0 Å². The van der Waals surface area contributed by atoms with E-state index in [1.165, 1.54) is 7.11 Å². The summed E-state index contributed by atoms with van der Waals surface area (Å²) >= 11 is 0. The van der Waals surface area contributed by atoms with E-state index in [1.807, 2.05) is 6.92 Å². The number of aliphatic hydroxyl groups is 7. The van der Waals surface area contributed by atoms with Crippen molar-refractivity contribution in [1.29, 1.82) is 0 Å². The van der Waals surface area contributed by atoms with Crippen LogP contribution < -0.4 is 0 Å². The van der Waals surface area contributed by atoms with Gasteiger partial charge in [-0.3, -0.25) is 14.4 Å². The Bertz CT molecular complexity index is 1650. The third-order valence-corrected chi connectivity index (χ3v) is 17.2. The Morgan fingerprint density at radius 1 is 0.862 bits per heavy atom. The lowest BCUT2D eigenvalue weighted by Gasteiger charge is -2.71. The van der Waals surface area contributed by atoms with Crippen molar-refractivity contribution in [3.8, 4) is 0 Å². The molecule has 0 radical (unpaired) electrons. The van der Waals surface area contributed by atoms with Gasteiger partial charge < -0.3 is 64.5 Å². The molecule has 328 valence electrons. The molecule has 0 aromatic carbocycles. The molecule has 5 aliphatic carbocycles. The van der Waals surface area contributed by atoms with Gasteiger partial charge in [-0.05, 0) is 92.3 Å². The second-order valence-electron chi connectivity index (χ2n) is 19.9. The molecule has 7 aliphatic rings. The highest BCUT2D eigenvalue weighted by atomic mass is 16.7. The van der Waals surface area contributed by atoms with E-state index in [0.29, 0.717) is 44.9 Å². The SMILES string of the molecule is COC(=O)[C@@]1(C)CC[C@]2(C(=O)O)CC[C@]3(C)C(=CC[C@@H]4[C@@]5(C)CC(=O)[C@H](O[C@@H]6O[C@H](CO)[C@@H](O[C@@H]7OC[C@@H](O)[C@H](O)[C@H]7O)[C@H](O)[C@H]6O)[C@@](C)(CO)[C@@H]5CC[C@]43C)[C@@H]2C1. The first kappa shape index (κ1) is 44.0. The molecule has 0 unspecified atom stereocenters. The second-order valence-corrected chi connectivity index (χ2v) is 19.9. The lowest BCUT2D eigenvalue weighted by Crippen LogP contribution is -2.69. The molecular formula is C42H64O16. The minimum absolute atomic E-state index is 0.0387. The number of ketones is 1. The zero-order chi connectivity index (χ0) is 42.5. The Hall–Kier alpha value is -2.09. The molecule has 7 rings (SSSR count). The molecule has 8 N–H and O–H groups in total. The average Bonchev–Trinajstić information content (AvgIpc) is 3.18. The van der Waals surface area contributed by atoms with Crippen LogP contribution >= 0.6 is 0 Å². The Kier molecular flexibility index (Phi) is 11.4. The predicted octanol–water partition coefficient (Wildman–Crippen LogP) is 0.826. The Morgan fingerprint density at radius 2 is 1.53 bits per heavy atom. The van der Waals surface area contributed by atoms with Gasteiger partial charge in [0.15, 0.2) is 18.4 Å². The van der Waals surface area contributed by atoms with Crippen LogP contribution in [0.4, 0.5) is 0 Å². The number of fused-ring (bicyclic) bond motifs is 7. The highest BCUT2D eigenvalue weighted by Crippen LogP contribution is 2.75. The number of esters is 1. The van der Waals surface area contributed by atoms with Crippen LogP contribution in [0.25, 0.3) is 0 Å². The van der Waals surface area contributed by atoms with Crippen LogP contribution in [0.1, 0.15) is 92.4 Å². The maximum absolute atomic E-state index is 14.5. The van der Waals surface area contributed by atoms with Gasteiger partial charge in [-0.15, -0.1) is 0 Å². The molecule has 6 fully saturated rings. The Labute approximate surface area is 338 Å². The van der Waals surface area contributed by atoms with Gasteiger partial charge in [-0.1, -0.05) is 39.3 Å². The standard InChI is InChI=1S/C42H64O16/c1-37(36(53)54-6)11-13-42(35(51)52)14-12-40(4)20(21(42)15-37)7-8-26-38(2)16-22(45)32(39(3,19-44)25(38)9-10-41(26,40)5)58-34-30(50)28(48)31(24(17-43)56-34)57-33-29(49)27(47)23(46)18-55-33/h7,21,23-34,43-44,46-50H,8-19H2,1-6H3,(H,51,52)/t21-,23+,24+,25+,26+,27-,28+,29+,30+,31+,32-,33-,34-,37-,38-,39-,40+,41+,42-/m0/s1. The largest absolute Gasteiger partial charge is 0.481 e. The number of carbonyl (C=O) groups is 3. The summed E-state index contributed by atoms with van der Waals surface area (Å²) in [4.78, 5) is 40.8. The van der Waals surface area contributed by atoms with Gasteiger partial charge >= 0.3 is 11.9 Å². The number of carboxylic acids is 1. The van der Waals surface area contributed by atoms with E-state index in [9.17, 15) is 55.2 Å². The number of aliphatic carboxylic acids is 1. The number of rotatable bonds is 8. The maximum Gasteiger partial charge on any atom is 0.311 e. The van der Waals surface area contributed by atoms with Crippen molar-refractivity contribution >= 4 is 17.7 Å². The number of methoxy groups -OCH3 is 1. The lowest BCUT2D eigenvalue weighted by atomic mass is 9.33. The van der Waals surface area contributed by atoms with E-state index in [4.69, 9.17) is 23.7 Å². The minimum Gasteiger partial charge on any atom is -0.481 e. The smallest absolute Gasteiger partial charge is 0.311 e. The first-order chi connectivity index (χ1) is 27.1. The highest BCUT2D eigenvalue weighted by Gasteiger charge is 2.71.